The summed E-state index contributed by atoms with van der Waals surface area (Å²) in [7, 11) is -2.08. The first kappa shape index (κ1) is 18.8. The first-order valence-corrected chi connectivity index (χ1v) is 11.5. The second-order valence-corrected chi connectivity index (χ2v) is 12.3. The molecule has 0 heterocycles. The maximum absolute atomic E-state index is 10.1. The average Bonchev–Trinajstić information content (AvgIpc) is 2.47. The Balaban J connectivity index is 5.18. The van der Waals surface area contributed by atoms with Crippen molar-refractivity contribution in [1.82, 2.24) is 0 Å². The van der Waals surface area contributed by atoms with Gasteiger partial charge in [-0.05, 0) is 48.7 Å². The van der Waals surface area contributed by atoms with Gasteiger partial charge in [0.2, 0.25) is 0 Å². The molecule has 0 bridgehead atoms. The molecule has 19 heavy (non-hydrogen) atoms. The minimum Gasteiger partial charge on any atom is -0.212 e. The van der Waals surface area contributed by atoms with Crippen LogP contribution in [0.1, 0.15) is 79.1 Å². The quantitative estimate of drug-likeness (QED) is 0.359. The van der Waals surface area contributed by atoms with E-state index in [1.165, 1.54) is 74.4 Å². The van der Waals surface area contributed by atoms with E-state index in [9.17, 15) is 5.26 Å². The molecule has 0 aromatic carbocycles. The number of thiocyanates is 1. The second-order valence-electron chi connectivity index (χ2n) is 6.38. The standard InChI is InChI=1S/C17H37NS/c1-5-9-13-19(17-18,14-10-6-2,15-11-7-3)16-12-8-4/h19H,5-16H2,1-4H3. The smallest absolute Gasteiger partial charge is 0.0962 e. The van der Waals surface area contributed by atoms with E-state index in [-0.39, 0.29) is 0 Å². The highest BCUT2D eigenvalue weighted by atomic mass is 32.3. The minimum atomic E-state index is -2.08. The van der Waals surface area contributed by atoms with Crippen LogP contribution >= 0.6 is 9.16 Å². The summed E-state index contributed by atoms with van der Waals surface area (Å²) < 4.78 is 0. The molecule has 0 amide bonds. The van der Waals surface area contributed by atoms with Crippen LogP contribution in [0.25, 0.3) is 0 Å². The van der Waals surface area contributed by atoms with Crippen LogP contribution in [-0.2, 0) is 0 Å². The van der Waals surface area contributed by atoms with E-state index in [1.54, 1.807) is 0 Å². The van der Waals surface area contributed by atoms with Gasteiger partial charge in [-0.25, -0.2) is 9.16 Å². The van der Waals surface area contributed by atoms with E-state index in [1.807, 2.05) is 0 Å². The van der Waals surface area contributed by atoms with Crippen LogP contribution in [0.5, 0.6) is 0 Å². The molecule has 0 saturated heterocycles. The van der Waals surface area contributed by atoms with Crippen molar-refractivity contribution in [3.8, 4) is 5.40 Å². The van der Waals surface area contributed by atoms with E-state index < -0.39 is 9.16 Å². The van der Waals surface area contributed by atoms with Crippen LogP contribution < -0.4 is 0 Å². The average molecular weight is 288 g/mol. The van der Waals surface area contributed by atoms with Gasteiger partial charge in [-0.2, -0.15) is 5.26 Å². The lowest BCUT2D eigenvalue weighted by Crippen LogP contribution is -2.31. The normalized spacial score (nSPS) is 13.7. The molecule has 0 aromatic heterocycles. The molecule has 0 aromatic rings. The van der Waals surface area contributed by atoms with Gasteiger partial charge in [-0.1, -0.05) is 53.4 Å². The topological polar surface area (TPSA) is 23.8 Å². The van der Waals surface area contributed by atoms with Crippen LogP contribution in [0, 0.1) is 10.7 Å². The highest BCUT2D eigenvalue weighted by molar-refractivity contribution is 8.52. The van der Waals surface area contributed by atoms with E-state index >= 15 is 0 Å². The summed E-state index contributed by atoms with van der Waals surface area (Å²) in [5.41, 5.74) is 0. The fraction of sp³-hybridized carbons (Fsp3) is 0.941. The number of unbranched alkanes of at least 4 members (excludes halogenated alkanes) is 4. The second kappa shape index (κ2) is 9.70. The highest BCUT2D eigenvalue weighted by Crippen LogP contribution is 2.70. The Bertz CT molecular complexity index is 223. The Kier molecular flexibility index (Phi) is 9.62. The molecule has 0 N–H and O–H groups in total. The van der Waals surface area contributed by atoms with Crippen molar-refractivity contribution in [2.24, 2.45) is 0 Å². The van der Waals surface area contributed by atoms with E-state index in [0.717, 1.165) is 0 Å². The lowest BCUT2D eigenvalue weighted by molar-refractivity contribution is 0.821. The van der Waals surface area contributed by atoms with Gasteiger partial charge >= 0.3 is 0 Å². The molecule has 0 atom stereocenters. The number of rotatable bonds is 12. The molecule has 116 valence electrons. The first-order chi connectivity index (χ1) is 9.12. The fourth-order valence-corrected chi connectivity index (χ4v) is 9.48. The maximum Gasteiger partial charge on any atom is 0.0962 e. The molecule has 0 saturated carbocycles. The van der Waals surface area contributed by atoms with Gasteiger partial charge in [0.25, 0.3) is 0 Å². The minimum absolute atomic E-state index is 1.24. The third-order valence-electron chi connectivity index (χ3n) is 4.67. The lowest BCUT2D eigenvalue weighted by atomic mass is 10.4. The summed E-state index contributed by atoms with van der Waals surface area (Å²) >= 11 is 0. The Morgan fingerprint density at radius 3 is 1.05 bits per heavy atom. The third kappa shape index (κ3) is 5.78. The van der Waals surface area contributed by atoms with E-state index in [2.05, 4.69) is 33.1 Å². The number of hydrogen-bond donors (Lipinski definition) is 1. The van der Waals surface area contributed by atoms with Crippen LogP contribution in [0.4, 0.5) is 0 Å². The van der Waals surface area contributed by atoms with E-state index in [0.29, 0.717) is 0 Å². The SMILES string of the molecule is CCCC[SH](C#N)(CCCC)(CCCC)CCCC. The van der Waals surface area contributed by atoms with Gasteiger partial charge in [0.05, 0.1) is 5.40 Å². The molecule has 0 aliphatic carbocycles. The maximum atomic E-state index is 10.1. The summed E-state index contributed by atoms with van der Waals surface area (Å²) in [6.07, 6.45) is 10.0. The molecular weight excluding hydrogens is 250 g/mol. The predicted molar refractivity (Wildman–Crippen MR) is 93.7 cm³/mol. The molecule has 2 heteroatoms. The summed E-state index contributed by atoms with van der Waals surface area (Å²) in [6, 6.07) is 0. The van der Waals surface area contributed by atoms with Gasteiger partial charge in [-0.3, -0.25) is 0 Å². The first-order valence-electron chi connectivity index (χ1n) is 8.54. The third-order valence-corrected chi connectivity index (χ3v) is 11.2. The number of nitriles is 1. The van der Waals surface area contributed by atoms with Crippen molar-refractivity contribution >= 4 is 9.16 Å². The molecule has 0 aliphatic heterocycles. The molecule has 0 aliphatic rings. The van der Waals surface area contributed by atoms with Gasteiger partial charge in [0, 0.05) is 0 Å². The van der Waals surface area contributed by atoms with Gasteiger partial charge in [0.15, 0.2) is 0 Å². The van der Waals surface area contributed by atoms with Gasteiger partial charge < -0.3 is 0 Å². The zero-order valence-electron chi connectivity index (χ0n) is 13.9. The van der Waals surface area contributed by atoms with Crippen LogP contribution in [0.15, 0.2) is 0 Å². The number of hydrogen-bond acceptors (Lipinski definition) is 1. The number of thiol groups is 1. The molecule has 0 unspecified atom stereocenters. The Morgan fingerprint density at radius 1 is 0.632 bits per heavy atom. The zero-order chi connectivity index (χ0) is 14.6. The molecule has 0 rings (SSSR count). The van der Waals surface area contributed by atoms with Crippen molar-refractivity contribution in [2.75, 3.05) is 23.0 Å². The lowest BCUT2D eigenvalue weighted by Gasteiger charge is -2.56. The molecular formula is C17H37NS. The predicted octanol–water partition coefficient (Wildman–Crippen LogP) is 5.74. The van der Waals surface area contributed by atoms with E-state index in [4.69, 9.17) is 0 Å². The van der Waals surface area contributed by atoms with Crippen molar-refractivity contribution < 1.29 is 0 Å². The van der Waals surface area contributed by atoms with Crippen molar-refractivity contribution in [1.29, 1.82) is 5.26 Å². The molecule has 0 radical (unpaired) electrons. The largest absolute Gasteiger partial charge is 0.212 e. The summed E-state index contributed by atoms with van der Waals surface area (Å²) in [5, 5.41) is 13.1. The monoisotopic (exact) mass is 287 g/mol. The van der Waals surface area contributed by atoms with Crippen LogP contribution in [0.2, 0.25) is 0 Å². The summed E-state index contributed by atoms with van der Waals surface area (Å²) in [4.78, 5) is 0. The van der Waals surface area contributed by atoms with Crippen LogP contribution in [0.3, 0.4) is 0 Å². The van der Waals surface area contributed by atoms with Crippen molar-refractivity contribution in [3.05, 3.63) is 0 Å². The van der Waals surface area contributed by atoms with Crippen molar-refractivity contribution in [3.63, 3.8) is 0 Å². The van der Waals surface area contributed by atoms with Gasteiger partial charge in [-0.15, -0.1) is 0 Å². The molecule has 0 spiro atoms. The van der Waals surface area contributed by atoms with Crippen LogP contribution in [-0.4, -0.2) is 23.0 Å². The molecule has 1 nitrogen and oxygen atoms in total. The fourth-order valence-electron chi connectivity index (χ4n) is 3.16. The highest BCUT2D eigenvalue weighted by Gasteiger charge is 2.38. The Hall–Kier alpha value is -0.160. The van der Waals surface area contributed by atoms with Crippen molar-refractivity contribution in [2.45, 2.75) is 79.1 Å². The summed E-state index contributed by atoms with van der Waals surface area (Å²) in [5.74, 6) is 4.99. The van der Waals surface area contributed by atoms with Gasteiger partial charge in [0.1, 0.15) is 0 Å². The zero-order valence-corrected chi connectivity index (χ0v) is 14.8. The Morgan fingerprint density at radius 2 is 0.895 bits per heavy atom. The molecule has 0 fully saturated rings. The number of nitrogens with zero attached hydrogens (tertiary/aromatic N) is 1. The summed E-state index contributed by atoms with van der Waals surface area (Å²) in [6.45, 7) is 9.06. The Labute approximate surface area is 122 Å².